The molecule has 1 aromatic carbocycles. The molecule has 0 heterocycles. The molecule has 2 heteroatoms. The van der Waals surface area contributed by atoms with Crippen molar-refractivity contribution in [1.29, 1.82) is 0 Å². The highest BCUT2D eigenvalue weighted by atomic mass is 16.3. The maximum absolute atomic E-state index is 9.55. The molecule has 0 radical (unpaired) electrons. The Labute approximate surface area is 72.0 Å². The molecule has 1 aliphatic carbocycles. The standard InChI is InChI=1S/C10H13NO/c1-6-2-5-9(12)10-7(6)3-4-8(10)11/h2,5,8,12H,3-4,11H2,1H3/t8-/m1/s1. The van der Waals surface area contributed by atoms with E-state index in [0.29, 0.717) is 5.75 Å². The predicted octanol–water partition coefficient (Wildman–Crippen LogP) is 1.65. The summed E-state index contributed by atoms with van der Waals surface area (Å²) in [5.41, 5.74) is 9.32. The first-order valence-electron chi connectivity index (χ1n) is 4.27. The summed E-state index contributed by atoms with van der Waals surface area (Å²) in [5.74, 6) is 0.362. The van der Waals surface area contributed by atoms with E-state index >= 15 is 0 Å². The Morgan fingerprint density at radius 3 is 2.92 bits per heavy atom. The first-order valence-corrected chi connectivity index (χ1v) is 4.27. The number of benzene rings is 1. The number of aromatic hydroxyl groups is 1. The van der Waals surface area contributed by atoms with Crippen LogP contribution in [0.4, 0.5) is 0 Å². The van der Waals surface area contributed by atoms with Crippen LogP contribution in [0.1, 0.15) is 29.2 Å². The Balaban J connectivity index is 2.64. The van der Waals surface area contributed by atoms with Gasteiger partial charge >= 0.3 is 0 Å². The van der Waals surface area contributed by atoms with Crippen molar-refractivity contribution >= 4 is 0 Å². The number of rotatable bonds is 0. The van der Waals surface area contributed by atoms with E-state index in [9.17, 15) is 5.11 Å². The zero-order valence-electron chi connectivity index (χ0n) is 7.17. The number of phenols is 1. The molecule has 0 spiro atoms. The van der Waals surface area contributed by atoms with Crippen molar-refractivity contribution < 1.29 is 5.11 Å². The average Bonchev–Trinajstić information content (AvgIpc) is 2.42. The third-order valence-electron chi connectivity index (χ3n) is 2.64. The molecule has 2 nitrogen and oxygen atoms in total. The van der Waals surface area contributed by atoms with E-state index < -0.39 is 0 Å². The Hall–Kier alpha value is -1.02. The summed E-state index contributed by atoms with van der Waals surface area (Å²) in [6, 6.07) is 3.73. The second kappa shape index (κ2) is 2.49. The van der Waals surface area contributed by atoms with Gasteiger partial charge in [0, 0.05) is 11.6 Å². The predicted molar refractivity (Wildman–Crippen MR) is 48.1 cm³/mol. The minimum absolute atomic E-state index is 0.0416. The van der Waals surface area contributed by atoms with Gasteiger partial charge in [-0.2, -0.15) is 0 Å². The number of hydrogen-bond acceptors (Lipinski definition) is 2. The fourth-order valence-corrected chi connectivity index (χ4v) is 1.95. The monoisotopic (exact) mass is 163 g/mol. The van der Waals surface area contributed by atoms with Crippen molar-refractivity contribution in [2.24, 2.45) is 5.73 Å². The third-order valence-corrected chi connectivity index (χ3v) is 2.64. The smallest absolute Gasteiger partial charge is 0.120 e. The number of nitrogens with two attached hydrogens (primary N) is 1. The van der Waals surface area contributed by atoms with Gasteiger partial charge in [0.15, 0.2) is 0 Å². The van der Waals surface area contributed by atoms with Crippen LogP contribution in [0.15, 0.2) is 12.1 Å². The van der Waals surface area contributed by atoms with Gasteiger partial charge in [-0.25, -0.2) is 0 Å². The highest BCUT2D eigenvalue weighted by Gasteiger charge is 2.23. The molecule has 1 aromatic rings. The number of hydrogen-bond donors (Lipinski definition) is 2. The fourth-order valence-electron chi connectivity index (χ4n) is 1.95. The third kappa shape index (κ3) is 0.916. The molecule has 0 saturated heterocycles. The summed E-state index contributed by atoms with van der Waals surface area (Å²) in [4.78, 5) is 0. The second-order valence-corrected chi connectivity index (χ2v) is 3.44. The Morgan fingerprint density at radius 2 is 2.25 bits per heavy atom. The number of aryl methyl sites for hydroxylation is 1. The van der Waals surface area contributed by atoms with Crippen LogP contribution in [0.2, 0.25) is 0 Å². The lowest BCUT2D eigenvalue weighted by molar-refractivity contribution is 0.463. The van der Waals surface area contributed by atoms with Crippen LogP contribution in [0, 0.1) is 6.92 Å². The van der Waals surface area contributed by atoms with E-state index in [1.165, 1.54) is 11.1 Å². The summed E-state index contributed by atoms with van der Waals surface area (Å²) < 4.78 is 0. The van der Waals surface area contributed by atoms with E-state index in [1.54, 1.807) is 6.07 Å². The summed E-state index contributed by atoms with van der Waals surface area (Å²) in [6.07, 6.45) is 1.98. The molecule has 3 N–H and O–H groups in total. The fraction of sp³-hybridized carbons (Fsp3) is 0.400. The van der Waals surface area contributed by atoms with Gasteiger partial charge in [-0.05, 0) is 37.0 Å². The van der Waals surface area contributed by atoms with Gasteiger partial charge in [0.2, 0.25) is 0 Å². The van der Waals surface area contributed by atoms with Gasteiger partial charge < -0.3 is 10.8 Å². The largest absolute Gasteiger partial charge is 0.508 e. The van der Waals surface area contributed by atoms with Crippen molar-refractivity contribution in [1.82, 2.24) is 0 Å². The van der Waals surface area contributed by atoms with Gasteiger partial charge in [-0.3, -0.25) is 0 Å². The summed E-state index contributed by atoms with van der Waals surface area (Å²) in [5, 5.41) is 9.55. The van der Waals surface area contributed by atoms with Gasteiger partial charge in [0.05, 0.1) is 0 Å². The van der Waals surface area contributed by atoms with Crippen LogP contribution in [0.25, 0.3) is 0 Å². The van der Waals surface area contributed by atoms with E-state index in [0.717, 1.165) is 18.4 Å². The number of fused-ring (bicyclic) bond motifs is 1. The maximum Gasteiger partial charge on any atom is 0.120 e. The molecular formula is C10H13NO. The van der Waals surface area contributed by atoms with Crippen LogP contribution < -0.4 is 5.73 Å². The van der Waals surface area contributed by atoms with Gasteiger partial charge in [0.1, 0.15) is 5.75 Å². The molecule has 0 fully saturated rings. The molecule has 1 aliphatic rings. The summed E-state index contributed by atoms with van der Waals surface area (Å²) in [6.45, 7) is 2.07. The highest BCUT2D eigenvalue weighted by molar-refractivity contribution is 5.48. The summed E-state index contributed by atoms with van der Waals surface area (Å²) >= 11 is 0. The zero-order valence-corrected chi connectivity index (χ0v) is 7.17. The molecule has 64 valence electrons. The highest BCUT2D eigenvalue weighted by Crippen LogP contribution is 2.37. The van der Waals surface area contributed by atoms with Crippen molar-refractivity contribution in [3.05, 3.63) is 28.8 Å². The van der Waals surface area contributed by atoms with E-state index in [1.807, 2.05) is 6.07 Å². The van der Waals surface area contributed by atoms with Crippen molar-refractivity contribution in [2.45, 2.75) is 25.8 Å². The Bertz CT molecular complexity index is 320. The molecule has 12 heavy (non-hydrogen) atoms. The molecule has 1 atom stereocenters. The molecule has 0 aliphatic heterocycles. The normalized spacial score (nSPS) is 21.0. The zero-order chi connectivity index (χ0) is 8.72. The molecule has 0 bridgehead atoms. The molecule has 0 saturated carbocycles. The van der Waals surface area contributed by atoms with Crippen LogP contribution in [-0.4, -0.2) is 5.11 Å². The average molecular weight is 163 g/mol. The second-order valence-electron chi connectivity index (χ2n) is 3.44. The van der Waals surface area contributed by atoms with Crippen LogP contribution in [-0.2, 0) is 6.42 Å². The lowest BCUT2D eigenvalue weighted by atomic mass is 10.0. The SMILES string of the molecule is Cc1ccc(O)c2c1CC[C@H]2N. The van der Waals surface area contributed by atoms with Crippen LogP contribution in [0.5, 0.6) is 5.75 Å². The van der Waals surface area contributed by atoms with Gasteiger partial charge in [-0.1, -0.05) is 6.07 Å². The van der Waals surface area contributed by atoms with Crippen molar-refractivity contribution in [3.63, 3.8) is 0 Å². The van der Waals surface area contributed by atoms with E-state index in [4.69, 9.17) is 5.73 Å². The first kappa shape index (κ1) is 7.62. The molecule has 0 amide bonds. The molecule has 0 aromatic heterocycles. The van der Waals surface area contributed by atoms with E-state index in [2.05, 4.69) is 6.92 Å². The summed E-state index contributed by atoms with van der Waals surface area (Å²) in [7, 11) is 0. The first-order chi connectivity index (χ1) is 5.70. The quantitative estimate of drug-likeness (QED) is 0.610. The van der Waals surface area contributed by atoms with Crippen molar-refractivity contribution in [2.75, 3.05) is 0 Å². The topological polar surface area (TPSA) is 46.2 Å². The van der Waals surface area contributed by atoms with Crippen LogP contribution >= 0.6 is 0 Å². The van der Waals surface area contributed by atoms with Crippen molar-refractivity contribution in [3.8, 4) is 5.75 Å². The molecule has 0 unspecified atom stereocenters. The molecular weight excluding hydrogens is 150 g/mol. The van der Waals surface area contributed by atoms with Crippen LogP contribution in [0.3, 0.4) is 0 Å². The number of phenolic OH excluding ortho intramolecular Hbond substituents is 1. The Kier molecular flexibility index (Phi) is 1.58. The lowest BCUT2D eigenvalue weighted by Gasteiger charge is -2.08. The molecule has 2 rings (SSSR count). The minimum Gasteiger partial charge on any atom is -0.508 e. The van der Waals surface area contributed by atoms with Gasteiger partial charge in [-0.15, -0.1) is 0 Å². The minimum atomic E-state index is 0.0416. The van der Waals surface area contributed by atoms with Gasteiger partial charge in [0.25, 0.3) is 0 Å². The Morgan fingerprint density at radius 1 is 1.50 bits per heavy atom. The lowest BCUT2D eigenvalue weighted by Crippen LogP contribution is -2.05. The maximum atomic E-state index is 9.55. The van der Waals surface area contributed by atoms with E-state index in [-0.39, 0.29) is 6.04 Å².